The van der Waals surface area contributed by atoms with Gasteiger partial charge in [0.15, 0.2) is 5.71 Å². The van der Waals surface area contributed by atoms with E-state index in [0.29, 0.717) is 28.3 Å². The largest absolute Gasteiger partial charge is 0.511 e. The number of ether oxygens (including phenoxy) is 1. The molecule has 1 heterocycles. The van der Waals surface area contributed by atoms with E-state index in [1.165, 1.54) is 28.9 Å². The van der Waals surface area contributed by atoms with E-state index in [1.54, 1.807) is 30.3 Å². The van der Waals surface area contributed by atoms with Crippen LogP contribution in [0, 0.1) is 13.8 Å². The van der Waals surface area contributed by atoms with E-state index in [-0.39, 0.29) is 28.8 Å². The average molecular weight is 505 g/mol. The summed E-state index contributed by atoms with van der Waals surface area (Å²) in [4.78, 5) is 24.1. The van der Waals surface area contributed by atoms with Gasteiger partial charge in [-0.3, -0.25) is 10.2 Å². The Morgan fingerprint density at radius 2 is 1.89 bits per heavy atom. The van der Waals surface area contributed by atoms with Crippen molar-refractivity contribution >= 4 is 46.6 Å². The molecule has 0 saturated heterocycles. The molecule has 0 fully saturated rings. The van der Waals surface area contributed by atoms with Gasteiger partial charge in [-0.15, -0.1) is 0 Å². The molecular weight excluding hydrogens is 480 g/mol. The summed E-state index contributed by atoms with van der Waals surface area (Å²) in [5, 5.41) is 29.9. The number of hydrogen-bond acceptors (Lipinski definition) is 8. The molecule has 0 atom stereocenters. The summed E-state index contributed by atoms with van der Waals surface area (Å²) in [5.41, 5.74) is 7.54. The summed E-state index contributed by atoms with van der Waals surface area (Å²) in [6.07, 6.45) is 0.482. The van der Waals surface area contributed by atoms with E-state index in [4.69, 9.17) is 9.84 Å². The number of hydrogen-bond donors (Lipinski definition) is 3. The number of anilines is 2. The second-order valence-corrected chi connectivity index (χ2v) is 8.90. The summed E-state index contributed by atoms with van der Waals surface area (Å²) in [5.74, 6) is 0.118. The molecule has 3 N–H and O–H groups in total. The predicted molar refractivity (Wildman–Crippen MR) is 142 cm³/mol. The van der Waals surface area contributed by atoms with Gasteiger partial charge in [0, 0.05) is 11.3 Å². The van der Waals surface area contributed by atoms with Crippen molar-refractivity contribution in [3.8, 4) is 22.6 Å². The SMILES string of the molecule is CSCC1=NN(c2ccc(C)c(C)c2)C(=O)C1=NNc1cccc(-c2cccc(OC(=O)O)c2)c1O. The van der Waals surface area contributed by atoms with Gasteiger partial charge in [-0.1, -0.05) is 30.3 Å². The molecule has 1 aliphatic rings. The van der Waals surface area contributed by atoms with Gasteiger partial charge in [-0.25, -0.2) is 4.79 Å². The van der Waals surface area contributed by atoms with Gasteiger partial charge in [0.1, 0.15) is 17.2 Å². The zero-order valence-electron chi connectivity index (χ0n) is 19.8. The monoisotopic (exact) mass is 504 g/mol. The second kappa shape index (κ2) is 10.5. The van der Waals surface area contributed by atoms with Crippen molar-refractivity contribution in [2.24, 2.45) is 10.2 Å². The van der Waals surface area contributed by atoms with Crippen LogP contribution in [0.4, 0.5) is 16.2 Å². The minimum atomic E-state index is -1.43. The lowest BCUT2D eigenvalue weighted by atomic mass is 10.0. The standard InChI is InChI=1S/C26H24N4O5S/c1-15-10-11-18(12-16(15)2)30-25(32)23(22(29-30)14-36-3)28-27-21-9-5-8-20(24(21)31)17-6-4-7-19(13-17)35-26(33)34/h4-13,27,31H,14H2,1-3H3,(H,33,34). The fraction of sp³-hybridized carbons (Fsp3) is 0.154. The van der Waals surface area contributed by atoms with Crippen molar-refractivity contribution in [3.63, 3.8) is 0 Å². The van der Waals surface area contributed by atoms with E-state index in [2.05, 4.69) is 15.6 Å². The minimum Gasteiger partial charge on any atom is -0.505 e. The molecule has 0 aromatic heterocycles. The molecule has 36 heavy (non-hydrogen) atoms. The van der Waals surface area contributed by atoms with E-state index in [1.807, 2.05) is 38.3 Å². The van der Waals surface area contributed by atoms with Gasteiger partial charge in [0.2, 0.25) is 0 Å². The highest BCUT2D eigenvalue weighted by Gasteiger charge is 2.33. The number of phenols is 1. The summed E-state index contributed by atoms with van der Waals surface area (Å²) >= 11 is 1.52. The van der Waals surface area contributed by atoms with Crippen LogP contribution in [0.15, 0.2) is 70.9 Å². The number of nitrogens with one attached hydrogen (secondary N) is 1. The van der Waals surface area contributed by atoms with Crippen LogP contribution in [-0.2, 0) is 4.79 Å². The van der Waals surface area contributed by atoms with Gasteiger partial charge in [0.05, 0.1) is 11.4 Å². The number of amides is 1. The van der Waals surface area contributed by atoms with Gasteiger partial charge < -0.3 is 14.9 Å². The Morgan fingerprint density at radius 1 is 1.11 bits per heavy atom. The molecule has 10 heteroatoms. The van der Waals surface area contributed by atoms with E-state index < -0.39 is 6.16 Å². The number of carboxylic acid groups (broad SMARTS) is 1. The summed E-state index contributed by atoms with van der Waals surface area (Å²) < 4.78 is 4.71. The van der Waals surface area contributed by atoms with Crippen molar-refractivity contribution in [1.29, 1.82) is 0 Å². The van der Waals surface area contributed by atoms with Crippen LogP contribution in [0.5, 0.6) is 11.5 Å². The number of para-hydroxylation sites is 1. The Hall–Kier alpha value is -4.31. The zero-order valence-corrected chi connectivity index (χ0v) is 20.7. The molecule has 3 aromatic carbocycles. The van der Waals surface area contributed by atoms with Gasteiger partial charge in [0.25, 0.3) is 0 Å². The van der Waals surface area contributed by atoms with Crippen LogP contribution in [-0.4, -0.2) is 45.7 Å². The Balaban J connectivity index is 1.63. The summed E-state index contributed by atoms with van der Waals surface area (Å²) in [6.45, 7) is 3.97. The summed E-state index contributed by atoms with van der Waals surface area (Å²) in [7, 11) is 0. The fourth-order valence-electron chi connectivity index (χ4n) is 3.63. The van der Waals surface area contributed by atoms with Crippen molar-refractivity contribution in [2.75, 3.05) is 22.4 Å². The lowest BCUT2D eigenvalue weighted by Crippen LogP contribution is -2.29. The average Bonchev–Trinajstić information content (AvgIpc) is 3.15. The maximum atomic E-state index is 13.2. The lowest BCUT2D eigenvalue weighted by molar-refractivity contribution is -0.112. The molecule has 0 spiro atoms. The number of phenolic OH excluding ortho intramolecular Hbond substituents is 1. The number of benzene rings is 3. The number of aryl methyl sites for hydroxylation is 2. The van der Waals surface area contributed by atoms with Crippen LogP contribution in [0.1, 0.15) is 11.1 Å². The molecule has 184 valence electrons. The molecule has 0 radical (unpaired) electrons. The minimum absolute atomic E-state index is 0.117. The van der Waals surface area contributed by atoms with Crippen molar-refractivity contribution in [3.05, 3.63) is 71.8 Å². The van der Waals surface area contributed by atoms with Crippen molar-refractivity contribution in [1.82, 2.24) is 0 Å². The van der Waals surface area contributed by atoms with Gasteiger partial charge in [-0.05, 0) is 67.1 Å². The van der Waals surface area contributed by atoms with Gasteiger partial charge in [-0.2, -0.15) is 27.0 Å². The molecule has 1 amide bonds. The Labute approximate surface area is 212 Å². The Morgan fingerprint density at radius 3 is 2.61 bits per heavy atom. The van der Waals surface area contributed by atoms with Gasteiger partial charge >= 0.3 is 12.1 Å². The smallest absolute Gasteiger partial charge is 0.505 e. The molecule has 3 aromatic rings. The van der Waals surface area contributed by atoms with Crippen LogP contribution in [0.25, 0.3) is 11.1 Å². The Kier molecular flexibility index (Phi) is 7.25. The van der Waals surface area contributed by atoms with Crippen LogP contribution in [0.3, 0.4) is 0 Å². The fourth-order valence-corrected chi connectivity index (χ4v) is 4.09. The topological polar surface area (TPSA) is 124 Å². The molecule has 0 saturated carbocycles. The third-order valence-corrected chi connectivity index (χ3v) is 6.14. The third-order valence-electron chi connectivity index (χ3n) is 5.58. The van der Waals surface area contributed by atoms with E-state index in [0.717, 1.165) is 11.1 Å². The molecule has 4 rings (SSSR count). The number of carbonyl (C=O) groups excluding carboxylic acids is 1. The molecule has 0 aliphatic carbocycles. The highest BCUT2D eigenvalue weighted by molar-refractivity contribution is 7.99. The molecule has 1 aliphatic heterocycles. The lowest BCUT2D eigenvalue weighted by Gasteiger charge is -2.13. The maximum Gasteiger partial charge on any atom is 0.511 e. The first-order valence-corrected chi connectivity index (χ1v) is 12.3. The maximum absolute atomic E-state index is 13.2. The molecular formula is C26H24N4O5S. The van der Waals surface area contributed by atoms with Crippen LogP contribution < -0.4 is 15.2 Å². The van der Waals surface area contributed by atoms with Crippen LogP contribution in [0.2, 0.25) is 0 Å². The third kappa shape index (κ3) is 5.18. The zero-order chi connectivity index (χ0) is 25.8. The van der Waals surface area contributed by atoms with Crippen molar-refractivity contribution in [2.45, 2.75) is 13.8 Å². The quantitative estimate of drug-likeness (QED) is 0.173. The number of rotatable bonds is 7. The first kappa shape index (κ1) is 24.8. The number of thioether (sulfide) groups is 1. The van der Waals surface area contributed by atoms with E-state index >= 15 is 0 Å². The first-order chi connectivity index (χ1) is 17.3. The normalized spacial score (nSPS) is 14.2. The van der Waals surface area contributed by atoms with Crippen molar-refractivity contribution < 1.29 is 24.5 Å². The van der Waals surface area contributed by atoms with Crippen LogP contribution >= 0.6 is 11.8 Å². The number of nitrogens with zero attached hydrogens (tertiary/aromatic N) is 3. The molecule has 0 bridgehead atoms. The number of hydrazone groups is 2. The first-order valence-electron chi connectivity index (χ1n) is 10.9. The number of aromatic hydroxyl groups is 1. The highest BCUT2D eigenvalue weighted by atomic mass is 32.2. The predicted octanol–water partition coefficient (Wildman–Crippen LogP) is 5.27. The summed E-state index contributed by atoms with van der Waals surface area (Å²) in [6, 6.07) is 17.0. The molecule has 9 nitrogen and oxygen atoms in total. The second-order valence-electron chi connectivity index (χ2n) is 8.03. The highest BCUT2D eigenvalue weighted by Crippen LogP contribution is 2.37. The molecule has 0 unspecified atom stereocenters. The van der Waals surface area contributed by atoms with E-state index in [9.17, 15) is 14.7 Å². The Bertz CT molecular complexity index is 1400. The number of carbonyl (C=O) groups is 2.